The molecule has 1 aromatic rings. The number of aromatic nitrogens is 2. The average Bonchev–Trinajstić information content (AvgIpc) is 2.35. The molecule has 0 saturated carbocycles. The van der Waals surface area contributed by atoms with Crippen LogP contribution in [0.1, 0.15) is 45.7 Å². The highest BCUT2D eigenvalue weighted by Crippen LogP contribution is 2.25. The molecule has 100 valence electrons. The zero-order chi connectivity index (χ0) is 13.6. The molecule has 0 spiro atoms. The summed E-state index contributed by atoms with van der Waals surface area (Å²) < 4.78 is 0. The van der Waals surface area contributed by atoms with E-state index in [-0.39, 0.29) is 11.8 Å². The molecule has 5 nitrogen and oxygen atoms in total. The van der Waals surface area contributed by atoms with Gasteiger partial charge in [0.25, 0.3) is 0 Å². The third-order valence-electron chi connectivity index (χ3n) is 3.12. The summed E-state index contributed by atoms with van der Waals surface area (Å²) in [5.41, 5.74) is 1.03. The topological polar surface area (TPSA) is 75.1 Å². The van der Waals surface area contributed by atoms with E-state index in [1.165, 1.54) is 0 Å². The number of carbonyl (C=O) groups is 1. The van der Waals surface area contributed by atoms with Gasteiger partial charge in [0.15, 0.2) is 0 Å². The van der Waals surface area contributed by atoms with Crippen LogP contribution in [0.3, 0.4) is 0 Å². The van der Waals surface area contributed by atoms with Crippen LogP contribution < -0.4 is 5.32 Å². The van der Waals surface area contributed by atoms with Crippen molar-refractivity contribution in [2.24, 2.45) is 0 Å². The Labute approximate surface area is 108 Å². The van der Waals surface area contributed by atoms with Crippen LogP contribution in [0.5, 0.6) is 0 Å². The van der Waals surface area contributed by atoms with E-state index < -0.39 is 5.97 Å². The highest BCUT2D eigenvalue weighted by Gasteiger charge is 2.20. The first-order chi connectivity index (χ1) is 8.45. The molecule has 0 aliphatic heterocycles. The largest absolute Gasteiger partial charge is 0.481 e. The molecule has 0 unspecified atom stereocenters. The minimum atomic E-state index is -0.771. The Morgan fingerprint density at radius 1 is 1.44 bits per heavy atom. The zero-order valence-electron chi connectivity index (χ0n) is 11.2. The second kappa shape index (κ2) is 6.33. The van der Waals surface area contributed by atoms with Crippen LogP contribution in [0.15, 0.2) is 12.4 Å². The molecule has 0 bridgehead atoms. The summed E-state index contributed by atoms with van der Waals surface area (Å²) in [7, 11) is 0. The summed E-state index contributed by atoms with van der Waals surface area (Å²) in [6.07, 6.45) is 3.31. The number of nitrogens with zero attached hydrogens (tertiary/aromatic N) is 2. The first kappa shape index (κ1) is 14.4. The third-order valence-corrected chi connectivity index (χ3v) is 3.12. The summed E-state index contributed by atoms with van der Waals surface area (Å²) in [5.74, 6) is -0.0146. The average molecular weight is 251 g/mol. The fraction of sp³-hybridized carbons (Fsp3) is 0.615. The van der Waals surface area contributed by atoms with Gasteiger partial charge < -0.3 is 10.4 Å². The number of carboxylic acid groups (broad SMARTS) is 1. The van der Waals surface area contributed by atoms with E-state index in [0.29, 0.717) is 13.0 Å². The lowest BCUT2D eigenvalue weighted by molar-refractivity contribution is -0.137. The van der Waals surface area contributed by atoms with Crippen molar-refractivity contribution >= 4 is 11.8 Å². The molecule has 0 aromatic carbocycles. The Hall–Kier alpha value is -1.65. The summed E-state index contributed by atoms with van der Waals surface area (Å²) in [6, 6.07) is 1.93. The molecule has 1 heterocycles. The Bertz CT molecular complexity index is 405. The van der Waals surface area contributed by atoms with Crippen LogP contribution in [0.25, 0.3) is 0 Å². The van der Waals surface area contributed by atoms with E-state index in [4.69, 9.17) is 5.11 Å². The number of hydrogen-bond donors (Lipinski definition) is 2. The molecule has 5 heteroatoms. The van der Waals surface area contributed by atoms with Crippen molar-refractivity contribution in [2.45, 2.75) is 45.4 Å². The van der Waals surface area contributed by atoms with Gasteiger partial charge in [0.05, 0.1) is 5.69 Å². The Morgan fingerprint density at radius 3 is 2.78 bits per heavy atom. The van der Waals surface area contributed by atoms with Crippen molar-refractivity contribution in [2.75, 3.05) is 11.9 Å². The first-order valence-corrected chi connectivity index (χ1v) is 6.24. The van der Waals surface area contributed by atoms with Gasteiger partial charge in [-0.1, -0.05) is 20.8 Å². The second-order valence-electron chi connectivity index (χ2n) is 4.95. The maximum atomic E-state index is 10.4. The fourth-order valence-corrected chi connectivity index (χ4v) is 1.46. The molecule has 0 atom stereocenters. The summed E-state index contributed by atoms with van der Waals surface area (Å²) in [4.78, 5) is 18.8. The predicted molar refractivity (Wildman–Crippen MR) is 70.7 cm³/mol. The quantitative estimate of drug-likeness (QED) is 0.728. The number of aliphatic carboxylic acids is 1. The molecule has 0 aliphatic rings. The molecule has 0 amide bonds. The van der Waals surface area contributed by atoms with E-state index >= 15 is 0 Å². The molecule has 0 saturated heterocycles. The number of nitrogens with one attached hydrogen (secondary N) is 1. The molecule has 0 radical (unpaired) electrons. The van der Waals surface area contributed by atoms with Crippen LogP contribution in [0.4, 0.5) is 5.82 Å². The molecular weight excluding hydrogens is 230 g/mol. The SMILES string of the molecule is CCC(C)(C)c1cc(NCCCC(=O)O)ncn1. The molecular formula is C13H21N3O2. The molecule has 2 N–H and O–H groups in total. The minimum Gasteiger partial charge on any atom is -0.481 e. The van der Waals surface area contributed by atoms with Crippen LogP contribution in [0, 0.1) is 0 Å². The summed E-state index contributed by atoms with van der Waals surface area (Å²) >= 11 is 0. The lowest BCUT2D eigenvalue weighted by atomic mass is 9.86. The Morgan fingerprint density at radius 2 is 2.17 bits per heavy atom. The van der Waals surface area contributed by atoms with E-state index in [1.807, 2.05) is 6.07 Å². The van der Waals surface area contributed by atoms with Gasteiger partial charge in [0.2, 0.25) is 0 Å². The van der Waals surface area contributed by atoms with Crippen molar-refractivity contribution in [3.8, 4) is 0 Å². The minimum absolute atomic E-state index is 0.0282. The van der Waals surface area contributed by atoms with E-state index in [9.17, 15) is 4.79 Å². The van der Waals surface area contributed by atoms with Crippen molar-refractivity contribution in [1.82, 2.24) is 9.97 Å². The van der Waals surface area contributed by atoms with Crippen molar-refractivity contribution in [1.29, 1.82) is 0 Å². The summed E-state index contributed by atoms with van der Waals surface area (Å²) in [6.45, 7) is 7.02. The smallest absolute Gasteiger partial charge is 0.303 e. The van der Waals surface area contributed by atoms with Gasteiger partial charge >= 0.3 is 5.97 Å². The maximum absolute atomic E-state index is 10.4. The predicted octanol–water partition coefficient (Wildman–Crippen LogP) is 2.44. The molecule has 18 heavy (non-hydrogen) atoms. The van der Waals surface area contributed by atoms with E-state index in [0.717, 1.165) is 17.9 Å². The standard InChI is InChI=1S/C13H21N3O2/c1-4-13(2,3)10-8-11(16-9-15-10)14-7-5-6-12(17)18/h8-9H,4-7H2,1-3H3,(H,17,18)(H,14,15,16). The normalized spacial score (nSPS) is 11.3. The summed E-state index contributed by atoms with van der Waals surface area (Å²) in [5, 5.41) is 11.7. The van der Waals surface area contributed by atoms with E-state index in [2.05, 4.69) is 36.1 Å². The highest BCUT2D eigenvalue weighted by molar-refractivity contribution is 5.66. The van der Waals surface area contributed by atoms with Gasteiger partial charge in [-0.3, -0.25) is 4.79 Å². The van der Waals surface area contributed by atoms with Crippen molar-refractivity contribution in [3.63, 3.8) is 0 Å². The lowest BCUT2D eigenvalue weighted by Crippen LogP contribution is -2.18. The molecule has 1 aromatic heterocycles. The number of carboxylic acids is 1. The molecule has 1 rings (SSSR count). The lowest BCUT2D eigenvalue weighted by Gasteiger charge is -2.22. The highest BCUT2D eigenvalue weighted by atomic mass is 16.4. The van der Waals surface area contributed by atoms with Crippen molar-refractivity contribution < 1.29 is 9.90 Å². The fourth-order valence-electron chi connectivity index (χ4n) is 1.46. The third kappa shape index (κ3) is 4.31. The van der Waals surface area contributed by atoms with Crippen LogP contribution in [-0.2, 0) is 10.2 Å². The van der Waals surface area contributed by atoms with Gasteiger partial charge in [0, 0.05) is 24.4 Å². The zero-order valence-corrected chi connectivity index (χ0v) is 11.2. The number of anilines is 1. The monoisotopic (exact) mass is 251 g/mol. The van der Waals surface area contributed by atoms with Gasteiger partial charge in [-0.05, 0) is 12.8 Å². The van der Waals surface area contributed by atoms with Gasteiger partial charge in [-0.2, -0.15) is 0 Å². The Balaban J connectivity index is 2.57. The van der Waals surface area contributed by atoms with Crippen LogP contribution in [-0.4, -0.2) is 27.6 Å². The number of hydrogen-bond acceptors (Lipinski definition) is 4. The van der Waals surface area contributed by atoms with Crippen molar-refractivity contribution in [3.05, 3.63) is 18.1 Å². The first-order valence-electron chi connectivity index (χ1n) is 6.24. The van der Waals surface area contributed by atoms with Gasteiger partial charge in [-0.25, -0.2) is 9.97 Å². The maximum Gasteiger partial charge on any atom is 0.303 e. The molecule has 0 fully saturated rings. The second-order valence-corrected chi connectivity index (χ2v) is 4.95. The molecule has 0 aliphatic carbocycles. The van der Waals surface area contributed by atoms with E-state index in [1.54, 1.807) is 6.33 Å². The number of rotatable bonds is 7. The Kier molecular flexibility index (Phi) is 5.07. The van der Waals surface area contributed by atoms with Crippen LogP contribution >= 0.6 is 0 Å². The van der Waals surface area contributed by atoms with Gasteiger partial charge in [-0.15, -0.1) is 0 Å². The van der Waals surface area contributed by atoms with Crippen LogP contribution in [0.2, 0.25) is 0 Å². The van der Waals surface area contributed by atoms with Gasteiger partial charge in [0.1, 0.15) is 12.1 Å².